The van der Waals surface area contributed by atoms with Crippen molar-refractivity contribution in [3.8, 4) is 0 Å². The van der Waals surface area contributed by atoms with Crippen LogP contribution < -0.4 is 5.73 Å². The van der Waals surface area contributed by atoms with Crippen molar-refractivity contribution in [2.45, 2.75) is 31.1 Å². The van der Waals surface area contributed by atoms with E-state index in [1.807, 2.05) is 11.8 Å². The standard InChI is InChI=1S/C12H17NS/c1-8(2)9-3-5-10(6-4-9)12-11(13)7-14-12/h3-6,8,11-12H,7,13H2,1-2H3. The Kier molecular flexibility index (Phi) is 2.84. The average molecular weight is 207 g/mol. The lowest BCUT2D eigenvalue weighted by atomic mass is 9.99. The summed E-state index contributed by atoms with van der Waals surface area (Å²) in [6.07, 6.45) is 0. The number of nitrogens with two attached hydrogens (primary N) is 1. The van der Waals surface area contributed by atoms with Gasteiger partial charge in [0.25, 0.3) is 0 Å². The van der Waals surface area contributed by atoms with Crippen molar-refractivity contribution in [1.29, 1.82) is 0 Å². The lowest BCUT2D eigenvalue weighted by Crippen LogP contribution is -2.37. The maximum atomic E-state index is 5.93. The third-order valence-corrected chi connectivity index (χ3v) is 4.35. The number of hydrogen-bond donors (Lipinski definition) is 1. The van der Waals surface area contributed by atoms with E-state index in [0.29, 0.717) is 17.2 Å². The van der Waals surface area contributed by atoms with Gasteiger partial charge in [-0.1, -0.05) is 38.1 Å². The van der Waals surface area contributed by atoms with Gasteiger partial charge in [-0.05, 0) is 17.0 Å². The molecule has 2 heteroatoms. The normalized spacial score (nSPS) is 26.3. The molecule has 0 bridgehead atoms. The Morgan fingerprint density at radius 1 is 1.29 bits per heavy atom. The van der Waals surface area contributed by atoms with Crippen molar-refractivity contribution < 1.29 is 0 Å². The van der Waals surface area contributed by atoms with E-state index in [2.05, 4.69) is 38.1 Å². The summed E-state index contributed by atoms with van der Waals surface area (Å²) < 4.78 is 0. The van der Waals surface area contributed by atoms with E-state index in [1.165, 1.54) is 11.1 Å². The van der Waals surface area contributed by atoms with Crippen molar-refractivity contribution in [1.82, 2.24) is 0 Å². The fraction of sp³-hybridized carbons (Fsp3) is 0.500. The number of thioether (sulfide) groups is 1. The molecule has 2 N–H and O–H groups in total. The number of rotatable bonds is 2. The molecule has 2 unspecified atom stereocenters. The second-order valence-corrected chi connectivity index (χ2v) is 5.41. The summed E-state index contributed by atoms with van der Waals surface area (Å²) in [4.78, 5) is 0. The van der Waals surface area contributed by atoms with Crippen LogP contribution in [0, 0.1) is 0 Å². The molecule has 1 aromatic rings. The molecule has 0 aromatic heterocycles. The molecule has 1 aliphatic heterocycles. The second-order valence-electron chi connectivity index (χ2n) is 4.24. The minimum atomic E-state index is 0.366. The van der Waals surface area contributed by atoms with Gasteiger partial charge < -0.3 is 5.73 Å². The zero-order valence-corrected chi connectivity index (χ0v) is 9.55. The number of benzene rings is 1. The first-order chi connectivity index (χ1) is 6.68. The molecular weight excluding hydrogens is 190 g/mol. The summed E-state index contributed by atoms with van der Waals surface area (Å²) in [6.45, 7) is 4.44. The van der Waals surface area contributed by atoms with E-state index in [0.717, 1.165) is 5.75 Å². The van der Waals surface area contributed by atoms with E-state index < -0.39 is 0 Å². The molecule has 1 nitrogen and oxygen atoms in total. The average Bonchev–Trinajstić information content (AvgIpc) is 2.16. The smallest absolute Gasteiger partial charge is 0.0457 e. The van der Waals surface area contributed by atoms with Gasteiger partial charge in [0, 0.05) is 17.0 Å². The zero-order valence-electron chi connectivity index (χ0n) is 8.73. The van der Waals surface area contributed by atoms with Gasteiger partial charge in [-0.2, -0.15) is 11.8 Å². The van der Waals surface area contributed by atoms with E-state index in [-0.39, 0.29) is 0 Å². The Labute approximate surface area is 90.1 Å². The fourth-order valence-corrected chi connectivity index (χ4v) is 2.67. The van der Waals surface area contributed by atoms with Crippen LogP contribution in [0.2, 0.25) is 0 Å². The Morgan fingerprint density at radius 2 is 1.93 bits per heavy atom. The Hall–Kier alpha value is -0.470. The Balaban J connectivity index is 2.13. The highest BCUT2D eigenvalue weighted by molar-refractivity contribution is 8.01. The van der Waals surface area contributed by atoms with Gasteiger partial charge in [0.05, 0.1) is 0 Å². The fourth-order valence-electron chi connectivity index (χ4n) is 1.72. The molecule has 1 aromatic carbocycles. The SMILES string of the molecule is CC(C)c1ccc(C2SCC2N)cc1. The molecule has 0 spiro atoms. The molecule has 2 atom stereocenters. The van der Waals surface area contributed by atoms with Crippen LogP contribution in [0.25, 0.3) is 0 Å². The predicted octanol–water partition coefficient (Wildman–Crippen LogP) is 2.93. The minimum absolute atomic E-state index is 0.366. The molecule has 0 radical (unpaired) electrons. The first-order valence-electron chi connectivity index (χ1n) is 5.15. The molecule has 0 aliphatic carbocycles. The van der Waals surface area contributed by atoms with Crippen LogP contribution in [0.1, 0.15) is 36.1 Å². The molecule has 1 heterocycles. The monoisotopic (exact) mass is 207 g/mol. The third-order valence-electron chi connectivity index (χ3n) is 2.79. The summed E-state index contributed by atoms with van der Waals surface area (Å²) in [6, 6.07) is 9.28. The van der Waals surface area contributed by atoms with Crippen molar-refractivity contribution >= 4 is 11.8 Å². The predicted molar refractivity (Wildman–Crippen MR) is 63.7 cm³/mol. The van der Waals surface area contributed by atoms with Crippen LogP contribution in [0.5, 0.6) is 0 Å². The van der Waals surface area contributed by atoms with Crippen molar-refractivity contribution in [2.75, 3.05) is 5.75 Å². The van der Waals surface area contributed by atoms with Gasteiger partial charge in [0.2, 0.25) is 0 Å². The second kappa shape index (κ2) is 3.95. The topological polar surface area (TPSA) is 26.0 Å². The molecule has 2 rings (SSSR count). The van der Waals surface area contributed by atoms with Crippen LogP contribution in [0.4, 0.5) is 0 Å². The first-order valence-corrected chi connectivity index (χ1v) is 6.20. The quantitative estimate of drug-likeness (QED) is 0.807. The highest BCUT2D eigenvalue weighted by Gasteiger charge is 2.29. The maximum absolute atomic E-state index is 5.93. The van der Waals surface area contributed by atoms with E-state index in [4.69, 9.17) is 5.73 Å². The van der Waals surface area contributed by atoms with E-state index in [1.54, 1.807) is 0 Å². The van der Waals surface area contributed by atoms with Crippen molar-refractivity contribution in [3.63, 3.8) is 0 Å². The van der Waals surface area contributed by atoms with Crippen LogP contribution >= 0.6 is 11.8 Å². The summed E-state index contributed by atoms with van der Waals surface area (Å²) in [5.74, 6) is 1.73. The molecule has 14 heavy (non-hydrogen) atoms. The highest BCUT2D eigenvalue weighted by Crippen LogP contribution is 2.41. The van der Waals surface area contributed by atoms with Crippen LogP contribution in [-0.4, -0.2) is 11.8 Å². The first kappa shape index (κ1) is 10.1. The van der Waals surface area contributed by atoms with Gasteiger partial charge in [0.1, 0.15) is 0 Å². The van der Waals surface area contributed by atoms with E-state index >= 15 is 0 Å². The van der Waals surface area contributed by atoms with Crippen LogP contribution in [0.3, 0.4) is 0 Å². The van der Waals surface area contributed by atoms with Gasteiger partial charge in [0.15, 0.2) is 0 Å². The van der Waals surface area contributed by atoms with E-state index in [9.17, 15) is 0 Å². The summed E-state index contributed by atoms with van der Waals surface area (Å²) >= 11 is 1.96. The lowest BCUT2D eigenvalue weighted by molar-refractivity contribution is 0.686. The lowest BCUT2D eigenvalue weighted by Gasteiger charge is -2.33. The van der Waals surface area contributed by atoms with Gasteiger partial charge in [-0.3, -0.25) is 0 Å². The van der Waals surface area contributed by atoms with Gasteiger partial charge in [-0.25, -0.2) is 0 Å². The van der Waals surface area contributed by atoms with Crippen molar-refractivity contribution in [2.24, 2.45) is 5.73 Å². The summed E-state index contributed by atoms with van der Waals surface area (Å²) in [5, 5.41) is 0.538. The van der Waals surface area contributed by atoms with Crippen molar-refractivity contribution in [3.05, 3.63) is 35.4 Å². The Morgan fingerprint density at radius 3 is 2.29 bits per heavy atom. The summed E-state index contributed by atoms with van der Waals surface area (Å²) in [5.41, 5.74) is 8.73. The minimum Gasteiger partial charge on any atom is -0.326 e. The molecule has 1 fully saturated rings. The molecule has 76 valence electrons. The molecule has 1 saturated heterocycles. The molecule has 0 saturated carbocycles. The van der Waals surface area contributed by atoms with Crippen LogP contribution in [-0.2, 0) is 0 Å². The maximum Gasteiger partial charge on any atom is 0.0457 e. The zero-order chi connectivity index (χ0) is 10.1. The molecule has 0 amide bonds. The van der Waals surface area contributed by atoms with Crippen LogP contribution in [0.15, 0.2) is 24.3 Å². The number of hydrogen-bond acceptors (Lipinski definition) is 2. The molecular formula is C12H17NS. The van der Waals surface area contributed by atoms with Gasteiger partial charge >= 0.3 is 0 Å². The largest absolute Gasteiger partial charge is 0.326 e. The van der Waals surface area contributed by atoms with Gasteiger partial charge in [-0.15, -0.1) is 0 Å². The highest BCUT2D eigenvalue weighted by atomic mass is 32.2. The molecule has 1 aliphatic rings. The third kappa shape index (κ3) is 1.82. The summed E-state index contributed by atoms with van der Waals surface area (Å²) in [7, 11) is 0. The Bertz CT molecular complexity index is 305.